The number of fused-ring (bicyclic) bond motifs is 2. The van der Waals surface area contributed by atoms with Gasteiger partial charge in [0, 0.05) is 0 Å². The molecular weight excluding hydrogens is 528 g/mol. The van der Waals surface area contributed by atoms with Gasteiger partial charge in [0.2, 0.25) is 0 Å². The molecule has 0 spiro atoms. The minimum atomic E-state index is 0. The second kappa shape index (κ2) is 13.4. The standard InChI is InChI=1S/2C13H10NO.C6H7.ClH.Ti/c2*15-12-8-4-2-6-10(12)13-9-5-1-3-7-11(9)14-13;1-6-4-2-3-5-6;;/h2*1-8,13,15H;2,4H,3H2,1H3;1H;/q3*-1;;+4/p-1. The minimum Gasteiger partial charge on any atom is -1.00 e. The molecule has 4 nitrogen and oxygen atoms in total. The van der Waals surface area contributed by atoms with Crippen molar-refractivity contribution in [2.24, 2.45) is 0 Å². The maximum atomic E-state index is 9.71. The van der Waals surface area contributed by atoms with Crippen LogP contribution < -0.4 is 12.4 Å². The van der Waals surface area contributed by atoms with Crippen molar-refractivity contribution >= 4 is 11.4 Å². The molecule has 2 aliphatic heterocycles. The van der Waals surface area contributed by atoms with Crippen LogP contribution in [0, 0.1) is 6.08 Å². The van der Waals surface area contributed by atoms with Crippen LogP contribution in [0.5, 0.6) is 11.5 Å². The number of aromatic hydroxyl groups is 2. The summed E-state index contributed by atoms with van der Waals surface area (Å²) in [5.74, 6) is 0.640. The molecule has 2 heterocycles. The molecule has 38 heavy (non-hydrogen) atoms. The largest absolute Gasteiger partial charge is 4.00 e. The van der Waals surface area contributed by atoms with Gasteiger partial charge in [-0.25, -0.2) is 11.6 Å². The number of allylic oxidation sites excluding steroid dienone is 4. The fourth-order valence-corrected chi connectivity index (χ4v) is 4.38. The fraction of sp³-hybridized carbons (Fsp3) is 0.125. The SMILES string of the molecule is CC1=[C-]CC=C1.Oc1ccccc1C1[N-]c2ccccc21.Oc1ccccc1C1[N-]c2ccccc21.[Cl-].[Ti+4]. The molecule has 0 bridgehead atoms. The van der Waals surface area contributed by atoms with Crippen LogP contribution in [-0.4, -0.2) is 10.2 Å². The van der Waals surface area contributed by atoms with E-state index in [2.05, 4.69) is 47.9 Å². The van der Waals surface area contributed by atoms with E-state index < -0.39 is 0 Å². The number of halogens is 1. The van der Waals surface area contributed by atoms with E-state index in [1.807, 2.05) is 72.8 Å². The van der Waals surface area contributed by atoms with Crippen LogP contribution in [0.4, 0.5) is 11.4 Å². The zero-order valence-corrected chi connectivity index (χ0v) is 23.2. The third kappa shape index (κ3) is 6.33. The molecule has 3 aliphatic rings. The molecule has 0 saturated heterocycles. The second-order valence-electron chi connectivity index (χ2n) is 8.76. The van der Waals surface area contributed by atoms with Crippen LogP contribution in [0.1, 0.15) is 47.7 Å². The van der Waals surface area contributed by atoms with Crippen LogP contribution in [0.2, 0.25) is 0 Å². The maximum absolute atomic E-state index is 9.71. The van der Waals surface area contributed by atoms with E-state index >= 15 is 0 Å². The van der Waals surface area contributed by atoms with Gasteiger partial charge in [-0.3, -0.25) is 6.08 Å². The predicted molar refractivity (Wildman–Crippen MR) is 145 cm³/mol. The summed E-state index contributed by atoms with van der Waals surface area (Å²) in [6.45, 7) is 2.06. The first-order valence-corrected chi connectivity index (χ1v) is 12.0. The van der Waals surface area contributed by atoms with E-state index in [-0.39, 0.29) is 46.2 Å². The van der Waals surface area contributed by atoms with Gasteiger partial charge in [-0.2, -0.15) is 6.08 Å². The molecule has 188 valence electrons. The van der Waals surface area contributed by atoms with E-state index in [4.69, 9.17) is 0 Å². The molecular formula is C32H27ClN2O2Ti. The molecule has 2 unspecified atom stereocenters. The van der Waals surface area contributed by atoms with Gasteiger partial charge in [-0.1, -0.05) is 115 Å². The van der Waals surface area contributed by atoms with Gasteiger partial charge in [0.05, 0.1) is 0 Å². The van der Waals surface area contributed by atoms with Gasteiger partial charge in [-0.15, -0.1) is 17.8 Å². The van der Waals surface area contributed by atoms with E-state index in [1.54, 1.807) is 12.1 Å². The van der Waals surface area contributed by atoms with Crippen LogP contribution in [0.25, 0.3) is 10.6 Å². The molecule has 6 heteroatoms. The van der Waals surface area contributed by atoms with Gasteiger partial charge >= 0.3 is 21.7 Å². The third-order valence-electron chi connectivity index (χ3n) is 6.33. The van der Waals surface area contributed by atoms with E-state index in [0.717, 1.165) is 28.9 Å². The number of para-hydroxylation sites is 4. The summed E-state index contributed by atoms with van der Waals surface area (Å²) >= 11 is 0. The normalized spacial score (nSPS) is 16.7. The molecule has 4 aromatic carbocycles. The Morgan fingerprint density at radius 2 is 1.03 bits per heavy atom. The number of rotatable bonds is 2. The number of benzene rings is 4. The average Bonchev–Trinajstić information content (AvgIpc) is 3.35. The summed E-state index contributed by atoms with van der Waals surface area (Å²) in [5, 5.41) is 28.3. The Balaban J connectivity index is 0.000000167. The zero-order chi connectivity index (χ0) is 24.9. The zero-order valence-electron chi connectivity index (χ0n) is 20.9. The monoisotopic (exact) mass is 554 g/mol. The van der Waals surface area contributed by atoms with Crippen molar-refractivity contribution in [1.29, 1.82) is 0 Å². The Labute approximate surface area is 245 Å². The fourth-order valence-electron chi connectivity index (χ4n) is 4.38. The summed E-state index contributed by atoms with van der Waals surface area (Å²) in [7, 11) is 0. The van der Waals surface area contributed by atoms with Crippen molar-refractivity contribution in [2.45, 2.75) is 25.4 Å². The van der Waals surface area contributed by atoms with E-state index in [0.29, 0.717) is 11.5 Å². The molecule has 0 amide bonds. The molecule has 2 atom stereocenters. The molecule has 2 N–H and O–H groups in total. The maximum Gasteiger partial charge on any atom is 4.00 e. The van der Waals surface area contributed by atoms with Gasteiger partial charge in [0.15, 0.2) is 0 Å². The number of phenolic OH excluding ortho intramolecular Hbond substituents is 2. The summed E-state index contributed by atoms with van der Waals surface area (Å²) < 4.78 is 0. The number of nitrogens with zero attached hydrogens (tertiary/aromatic N) is 2. The Hall–Kier alpha value is -3.44. The van der Waals surface area contributed by atoms with Gasteiger partial charge in [-0.05, 0) is 23.3 Å². The quantitative estimate of drug-likeness (QED) is 0.247. The van der Waals surface area contributed by atoms with Crippen LogP contribution in [0.15, 0.2) is 115 Å². The Bertz CT molecular complexity index is 1340. The summed E-state index contributed by atoms with van der Waals surface area (Å²) in [5.41, 5.74) is 7.50. The molecule has 4 aromatic rings. The summed E-state index contributed by atoms with van der Waals surface area (Å²) in [6.07, 6.45) is 8.33. The van der Waals surface area contributed by atoms with E-state index in [9.17, 15) is 10.2 Å². The summed E-state index contributed by atoms with van der Waals surface area (Å²) in [4.78, 5) is 0. The molecule has 0 radical (unpaired) electrons. The van der Waals surface area contributed by atoms with Gasteiger partial charge in [0.25, 0.3) is 0 Å². The molecule has 1 aliphatic carbocycles. The second-order valence-corrected chi connectivity index (χ2v) is 8.76. The molecule has 0 aromatic heterocycles. The van der Waals surface area contributed by atoms with Crippen molar-refractivity contribution in [3.05, 3.63) is 154 Å². The Morgan fingerprint density at radius 3 is 1.34 bits per heavy atom. The van der Waals surface area contributed by atoms with Crippen LogP contribution >= 0.6 is 0 Å². The summed E-state index contributed by atoms with van der Waals surface area (Å²) in [6, 6.07) is 30.8. The first-order chi connectivity index (χ1) is 17.6. The Morgan fingerprint density at radius 1 is 0.632 bits per heavy atom. The third-order valence-corrected chi connectivity index (χ3v) is 6.33. The smallest absolute Gasteiger partial charge is 1.00 e. The van der Waals surface area contributed by atoms with Gasteiger partial charge < -0.3 is 33.3 Å². The van der Waals surface area contributed by atoms with Crippen LogP contribution in [0.3, 0.4) is 0 Å². The van der Waals surface area contributed by atoms with Crippen molar-refractivity contribution in [1.82, 2.24) is 0 Å². The first-order valence-electron chi connectivity index (χ1n) is 12.0. The van der Waals surface area contributed by atoms with Crippen LogP contribution in [-0.2, 0) is 21.7 Å². The first kappa shape index (κ1) is 29.1. The van der Waals surface area contributed by atoms with E-state index in [1.165, 1.54) is 16.7 Å². The van der Waals surface area contributed by atoms with Crippen molar-refractivity contribution in [2.75, 3.05) is 0 Å². The average molecular weight is 555 g/mol. The molecule has 0 saturated carbocycles. The minimum absolute atomic E-state index is 0. The van der Waals surface area contributed by atoms with Gasteiger partial charge in [0.1, 0.15) is 11.5 Å². The predicted octanol–water partition coefficient (Wildman–Crippen LogP) is 5.70. The number of hydrogen-bond donors (Lipinski definition) is 2. The topological polar surface area (TPSA) is 68.7 Å². The van der Waals surface area contributed by atoms with Crippen molar-refractivity contribution < 1.29 is 44.3 Å². The molecule has 7 rings (SSSR count). The van der Waals surface area contributed by atoms with Crippen molar-refractivity contribution in [3.63, 3.8) is 0 Å². The molecule has 0 fully saturated rings. The number of phenols is 2. The Kier molecular flexibility index (Phi) is 10.3. The number of hydrogen-bond acceptors (Lipinski definition) is 2. The van der Waals surface area contributed by atoms with Crippen molar-refractivity contribution in [3.8, 4) is 11.5 Å².